The van der Waals surface area contributed by atoms with E-state index in [1.807, 2.05) is 0 Å². The Bertz CT molecular complexity index is 817. The van der Waals surface area contributed by atoms with E-state index in [0.29, 0.717) is 10.5 Å². The lowest BCUT2D eigenvalue weighted by molar-refractivity contribution is -0.152. The third-order valence-electron chi connectivity index (χ3n) is 3.67. The van der Waals surface area contributed by atoms with Gasteiger partial charge in [0.1, 0.15) is 6.26 Å². The van der Waals surface area contributed by atoms with Gasteiger partial charge in [-0.2, -0.15) is 0 Å². The highest BCUT2D eigenvalue weighted by atomic mass is 16.7. The molecule has 1 aromatic rings. The number of methoxy groups -OCH3 is 1. The van der Waals surface area contributed by atoms with E-state index in [0.717, 1.165) is 13.4 Å². The molecule has 8 nitrogen and oxygen atoms in total. The molecule has 8 heteroatoms. The third-order valence-corrected chi connectivity index (χ3v) is 3.67. The highest BCUT2D eigenvalue weighted by molar-refractivity contribution is 6.24. The van der Waals surface area contributed by atoms with Crippen molar-refractivity contribution in [3.63, 3.8) is 0 Å². The second-order valence-electron chi connectivity index (χ2n) is 5.25. The highest BCUT2D eigenvalue weighted by Gasteiger charge is 2.40. The third kappa shape index (κ3) is 2.78. The minimum absolute atomic E-state index is 0.172. The largest absolute Gasteiger partial charge is 0.464 e. The van der Waals surface area contributed by atoms with Crippen molar-refractivity contribution in [3.8, 4) is 0 Å². The summed E-state index contributed by atoms with van der Waals surface area (Å²) in [5.41, 5.74) is 0.275. The maximum Gasteiger partial charge on any atom is 0.358 e. The summed E-state index contributed by atoms with van der Waals surface area (Å²) >= 11 is 0. The van der Waals surface area contributed by atoms with Crippen LogP contribution in [-0.2, 0) is 23.8 Å². The van der Waals surface area contributed by atoms with Crippen LogP contribution in [0.5, 0.6) is 0 Å². The first-order chi connectivity index (χ1) is 11.9. The Morgan fingerprint density at radius 1 is 1.16 bits per heavy atom. The van der Waals surface area contributed by atoms with E-state index in [1.54, 1.807) is 19.1 Å². The maximum atomic E-state index is 12.5. The van der Waals surface area contributed by atoms with Crippen LogP contribution in [0.25, 0.3) is 0 Å². The first-order valence-corrected chi connectivity index (χ1v) is 7.25. The van der Waals surface area contributed by atoms with Gasteiger partial charge in [-0.15, -0.1) is 0 Å². The quantitative estimate of drug-likeness (QED) is 0.350. The molecular weight excluding hydrogens is 330 g/mol. The van der Waals surface area contributed by atoms with Crippen molar-refractivity contribution in [2.45, 2.75) is 13.2 Å². The molecule has 0 radical (unpaired) electrons. The van der Waals surface area contributed by atoms with Gasteiger partial charge in [0.2, 0.25) is 0 Å². The zero-order valence-corrected chi connectivity index (χ0v) is 13.3. The van der Waals surface area contributed by atoms with Gasteiger partial charge in [0.15, 0.2) is 5.70 Å². The van der Waals surface area contributed by atoms with E-state index in [-0.39, 0.29) is 11.1 Å². The molecule has 0 aromatic heterocycles. The first-order valence-electron chi connectivity index (χ1n) is 7.25. The van der Waals surface area contributed by atoms with Crippen molar-refractivity contribution in [2.75, 3.05) is 7.11 Å². The monoisotopic (exact) mass is 343 g/mol. The standard InChI is InChI=1S/C17H13NO7/c1-9-7-13(25-16(9)21)24-8-12(17(22)23-2)18-14(19)10-5-3-4-6-11(10)15(18)20/h3-8,13H,1-2H3/b12-8-/t13-/m0/s1. The van der Waals surface area contributed by atoms with E-state index in [1.165, 1.54) is 18.2 Å². The van der Waals surface area contributed by atoms with Crippen LogP contribution in [0.3, 0.4) is 0 Å². The number of carbonyl (C=O) groups is 4. The summed E-state index contributed by atoms with van der Waals surface area (Å²) in [4.78, 5) is 49.0. The number of ether oxygens (including phenoxy) is 3. The van der Waals surface area contributed by atoms with Gasteiger partial charge in [0.25, 0.3) is 18.1 Å². The number of benzene rings is 1. The molecule has 0 saturated carbocycles. The molecule has 0 fully saturated rings. The SMILES string of the molecule is COC(=O)/C(=C/O[C@@H]1C=C(C)C(=O)O1)N1C(=O)c2ccccc2C1=O. The normalized spacial score (nSPS) is 19.5. The van der Waals surface area contributed by atoms with Crippen LogP contribution >= 0.6 is 0 Å². The predicted octanol–water partition coefficient (Wildman–Crippen LogP) is 1.14. The van der Waals surface area contributed by atoms with Crippen molar-refractivity contribution in [1.82, 2.24) is 4.90 Å². The van der Waals surface area contributed by atoms with E-state index in [2.05, 4.69) is 4.74 Å². The number of cyclic esters (lactones) is 1. The maximum absolute atomic E-state index is 12.5. The van der Waals surface area contributed by atoms with Gasteiger partial charge in [-0.1, -0.05) is 12.1 Å². The fourth-order valence-corrected chi connectivity index (χ4v) is 2.41. The van der Waals surface area contributed by atoms with Crippen molar-refractivity contribution >= 4 is 23.8 Å². The summed E-state index contributed by atoms with van der Waals surface area (Å²) in [7, 11) is 1.11. The van der Waals surface area contributed by atoms with Crippen LogP contribution in [0.1, 0.15) is 27.6 Å². The van der Waals surface area contributed by atoms with Crippen molar-refractivity contribution < 1.29 is 33.4 Å². The van der Waals surface area contributed by atoms with Gasteiger partial charge in [0.05, 0.1) is 18.2 Å². The molecule has 2 aliphatic heterocycles. The molecular formula is C17H13NO7. The van der Waals surface area contributed by atoms with E-state index < -0.39 is 35.7 Å². The topological polar surface area (TPSA) is 99.2 Å². The molecule has 0 spiro atoms. The summed E-state index contributed by atoms with van der Waals surface area (Å²) in [5.74, 6) is -2.84. The number of esters is 2. The molecule has 0 saturated heterocycles. The Labute approximate surface area is 142 Å². The molecule has 0 aliphatic carbocycles. The first kappa shape index (κ1) is 16.4. The molecule has 1 atom stereocenters. The van der Waals surface area contributed by atoms with E-state index in [4.69, 9.17) is 9.47 Å². The zero-order chi connectivity index (χ0) is 18.1. The Morgan fingerprint density at radius 3 is 2.24 bits per heavy atom. The molecule has 2 amide bonds. The number of hydrogen-bond donors (Lipinski definition) is 0. The van der Waals surface area contributed by atoms with Crippen molar-refractivity contribution in [2.24, 2.45) is 0 Å². The molecule has 128 valence electrons. The fourth-order valence-electron chi connectivity index (χ4n) is 2.41. The average molecular weight is 343 g/mol. The van der Waals surface area contributed by atoms with Gasteiger partial charge in [-0.05, 0) is 19.1 Å². The molecule has 2 aliphatic rings. The van der Waals surface area contributed by atoms with Gasteiger partial charge in [0, 0.05) is 11.6 Å². The van der Waals surface area contributed by atoms with Crippen LogP contribution in [0.4, 0.5) is 0 Å². The van der Waals surface area contributed by atoms with Crippen molar-refractivity contribution in [1.29, 1.82) is 0 Å². The fraction of sp³-hybridized carbons (Fsp3) is 0.176. The Morgan fingerprint density at radius 2 is 1.76 bits per heavy atom. The number of rotatable bonds is 4. The van der Waals surface area contributed by atoms with Gasteiger partial charge < -0.3 is 14.2 Å². The van der Waals surface area contributed by atoms with Gasteiger partial charge >= 0.3 is 11.9 Å². The van der Waals surface area contributed by atoms with Crippen LogP contribution in [0.15, 0.2) is 47.9 Å². The Balaban J connectivity index is 1.91. The summed E-state index contributed by atoms with van der Waals surface area (Å²) in [6.07, 6.45) is 1.22. The lowest BCUT2D eigenvalue weighted by atomic mass is 10.1. The van der Waals surface area contributed by atoms with Gasteiger partial charge in [-0.3, -0.25) is 9.59 Å². The number of imide groups is 1. The lowest BCUT2D eigenvalue weighted by Crippen LogP contribution is -2.34. The number of hydrogen-bond acceptors (Lipinski definition) is 7. The lowest BCUT2D eigenvalue weighted by Gasteiger charge is -2.16. The highest BCUT2D eigenvalue weighted by Crippen LogP contribution is 2.27. The molecule has 0 N–H and O–H groups in total. The molecule has 0 bridgehead atoms. The minimum Gasteiger partial charge on any atom is -0.464 e. The summed E-state index contributed by atoms with van der Waals surface area (Å²) in [6.45, 7) is 1.54. The minimum atomic E-state index is -1.05. The van der Waals surface area contributed by atoms with Crippen LogP contribution < -0.4 is 0 Å². The van der Waals surface area contributed by atoms with Crippen LogP contribution in [0.2, 0.25) is 0 Å². The number of fused-ring (bicyclic) bond motifs is 1. The summed E-state index contributed by atoms with van der Waals surface area (Å²) in [5, 5.41) is 0. The molecule has 25 heavy (non-hydrogen) atoms. The summed E-state index contributed by atoms with van der Waals surface area (Å²) in [6, 6.07) is 6.18. The van der Waals surface area contributed by atoms with Crippen LogP contribution in [0, 0.1) is 0 Å². The zero-order valence-electron chi connectivity index (χ0n) is 13.3. The Hall–Kier alpha value is -3.42. The van der Waals surface area contributed by atoms with Crippen molar-refractivity contribution in [3.05, 3.63) is 59.0 Å². The Kier molecular flexibility index (Phi) is 4.10. The molecule has 1 aromatic carbocycles. The van der Waals surface area contributed by atoms with E-state index in [9.17, 15) is 19.2 Å². The second-order valence-corrected chi connectivity index (χ2v) is 5.25. The number of nitrogens with zero attached hydrogens (tertiary/aromatic N) is 1. The molecule has 2 heterocycles. The van der Waals surface area contributed by atoms with Crippen LogP contribution in [-0.4, -0.2) is 42.1 Å². The second kappa shape index (κ2) is 6.23. The van der Waals surface area contributed by atoms with Gasteiger partial charge in [-0.25, -0.2) is 14.5 Å². The molecule has 3 rings (SSSR count). The summed E-state index contributed by atoms with van der Waals surface area (Å²) < 4.78 is 14.7. The number of carbonyl (C=O) groups excluding carboxylic acids is 4. The van der Waals surface area contributed by atoms with E-state index >= 15 is 0 Å². The molecule has 0 unspecified atom stereocenters. The average Bonchev–Trinajstić information content (AvgIpc) is 3.06. The smallest absolute Gasteiger partial charge is 0.358 e. The predicted molar refractivity (Wildman–Crippen MR) is 81.8 cm³/mol. The number of amides is 2.